The van der Waals surface area contributed by atoms with E-state index in [0.717, 1.165) is 0 Å². The molecule has 1 unspecified atom stereocenters. The average molecular weight is 280 g/mol. The summed E-state index contributed by atoms with van der Waals surface area (Å²) in [5.74, 6) is -0.355. The van der Waals surface area contributed by atoms with E-state index in [9.17, 15) is 14.9 Å². The number of nitrogens with one attached hydrogen (secondary N) is 2. The summed E-state index contributed by atoms with van der Waals surface area (Å²) >= 11 is 0. The monoisotopic (exact) mass is 280 g/mol. The fraction of sp³-hybridized carbons (Fsp3) is 0.462. The Balaban J connectivity index is 3.06. The van der Waals surface area contributed by atoms with Gasteiger partial charge in [-0.3, -0.25) is 14.9 Å². The van der Waals surface area contributed by atoms with E-state index in [1.54, 1.807) is 51.2 Å². The first-order valence-electron chi connectivity index (χ1n) is 6.30. The molecule has 1 amide bonds. The molecule has 1 atom stereocenters. The van der Waals surface area contributed by atoms with Crippen LogP contribution in [0, 0.1) is 16.0 Å². The van der Waals surface area contributed by atoms with E-state index in [1.807, 2.05) is 0 Å². The van der Waals surface area contributed by atoms with E-state index in [0.29, 0.717) is 17.9 Å². The molecule has 0 spiro atoms. The Morgan fingerprint density at radius 1 is 1.45 bits per heavy atom. The van der Waals surface area contributed by atoms with Gasteiger partial charge in [-0.25, -0.2) is 0 Å². The number of benzene rings is 1. The zero-order valence-electron chi connectivity index (χ0n) is 12.1. The van der Waals surface area contributed by atoms with Crippen LogP contribution in [0.2, 0.25) is 0 Å². The zero-order valence-corrected chi connectivity index (χ0v) is 12.1. The second kappa shape index (κ2) is 6.74. The zero-order chi connectivity index (χ0) is 15.3. The number of anilines is 2. The van der Waals surface area contributed by atoms with Crippen LogP contribution >= 0.6 is 0 Å². The van der Waals surface area contributed by atoms with Gasteiger partial charge in [-0.15, -0.1) is 0 Å². The predicted molar refractivity (Wildman–Crippen MR) is 79.1 cm³/mol. The minimum absolute atomic E-state index is 0.0154. The van der Waals surface area contributed by atoms with Crippen molar-refractivity contribution >= 4 is 23.0 Å². The number of hydrogen-bond donors (Lipinski definition) is 2. The van der Waals surface area contributed by atoms with Crippen LogP contribution in [0.15, 0.2) is 18.2 Å². The highest BCUT2D eigenvalue weighted by Gasteiger charge is 2.23. The molecule has 0 aliphatic rings. The Labute approximate surface area is 118 Å². The Bertz CT molecular complexity index is 504. The summed E-state index contributed by atoms with van der Waals surface area (Å²) in [6, 6.07) is 5.07. The first-order chi connectivity index (χ1) is 9.42. The van der Waals surface area contributed by atoms with Crippen molar-refractivity contribution in [3.8, 4) is 0 Å². The van der Waals surface area contributed by atoms with Crippen molar-refractivity contribution in [1.82, 2.24) is 5.32 Å². The smallest absolute Gasteiger partial charge is 0.315 e. The largest absolute Gasteiger partial charge is 0.382 e. The fourth-order valence-corrected chi connectivity index (χ4v) is 2.07. The lowest BCUT2D eigenvalue weighted by atomic mass is 10.1. The van der Waals surface area contributed by atoms with Gasteiger partial charge in [0.05, 0.1) is 10.8 Å². The van der Waals surface area contributed by atoms with Crippen LogP contribution in [0.1, 0.15) is 6.92 Å². The Morgan fingerprint density at radius 3 is 2.60 bits per heavy atom. The summed E-state index contributed by atoms with van der Waals surface area (Å²) < 4.78 is 0. The number of nitrogens with zero attached hydrogens (tertiary/aromatic N) is 2. The van der Waals surface area contributed by atoms with Crippen LogP contribution in [-0.2, 0) is 4.79 Å². The maximum absolute atomic E-state index is 11.5. The number of carbonyl (C=O) groups excluding carboxylic acids is 1. The molecular formula is C13H20N4O3. The van der Waals surface area contributed by atoms with Gasteiger partial charge in [0.25, 0.3) is 0 Å². The predicted octanol–water partition coefficient (Wildman–Crippen LogP) is 1.45. The standard InChI is InChI=1S/C13H20N4O3/c1-9(13(18)15-3)8-16(4)11-7-5-6-10(14-2)12(11)17(19)20/h5-7,9,14H,8H2,1-4H3,(H,15,18). The van der Waals surface area contributed by atoms with E-state index in [2.05, 4.69) is 10.6 Å². The topological polar surface area (TPSA) is 87.5 Å². The number of hydrogen-bond acceptors (Lipinski definition) is 5. The number of nitro benzene ring substituents is 1. The number of rotatable bonds is 6. The van der Waals surface area contributed by atoms with E-state index in [1.165, 1.54) is 0 Å². The van der Waals surface area contributed by atoms with E-state index in [-0.39, 0.29) is 17.5 Å². The SMILES string of the molecule is CNC(=O)C(C)CN(C)c1cccc(NC)c1[N+](=O)[O-]. The van der Waals surface area contributed by atoms with Crippen LogP contribution in [0.4, 0.5) is 17.1 Å². The van der Waals surface area contributed by atoms with Gasteiger partial charge in [0.2, 0.25) is 5.91 Å². The van der Waals surface area contributed by atoms with Crippen molar-refractivity contribution < 1.29 is 9.72 Å². The molecule has 2 N–H and O–H groups in total. The molecule has 7 nitrogen and oxygen atoms in total. The molecule has 0 aliphatic carbocycles. The maximum Gasteiger partial charge on any atom is 0.315 e. The molecule has 1 aromatic rings. The number of carbonyl (C=O) groups is 1. The van der Waals surface area contributed by atoms with Crippen molar-refractivity contribution in [2.75, 3.05) is 37.9 Å². The molecule has 0 aliphatic heterocycles. The number of nitro groups is 1. The normalized spacial score (nSPS) is 11.6. The van der Waals surface area contributed by atoms with Crippen LogP contribution in [-0.4, -0.2) is 38.5 Å². The summed E-state index contributed by atoms with van der Waals surface area (Å²) in [7, 11) is 4.95. The van der Waals surface area contributed by atoms with Crippen molar-refractivity contribution in [2.45, 2.75) is 6.92 Å². The highest BCUT2D eigenvalue weighted by Crippen LogP contribution is 2.34. The molecule has 1 aromatic carbocycles. The second-order valence-corrected chi connectivity index (χ2v) is 4.58. The quantitative estimate of drug-likeness (QED) is 0.608. The van der Waals surface area contributed by atoms with Gasteiger partial charge in [0.15, 0.2) is 0 Å². The molecule has 20 heavy (non-hydrogen) atoms. The molecule has 0 fully saturated rings. The molecule has 0 radical (unpaired) electrons. The van der Waals surface area contributed by atoms with Crippen LogP contribution in [0.5, 0.6) is 0 Å². The van der Waals surface area contributed by atoms with Crippen LogP contribution in [0.3, 0.4) is 0 Å². The Hall–Kier alpha value is -2.31. The number of para-hydroxylation sites is 1. The third-order valence-electron chi connectivity index (χ3n) is 3.12. The summed E-state index contributed by atoms with van der Waals surface area (Å²) in [5, 5.41) is 16.6. The number of amides is 1. The first-order valence-corrected chi connectivity index (χ1v) is 6.30. The van der Waals surface area contributed by atoms with Gasteiger partial charge in [-0.05, 0) is 12.1 Å². The van der Waals surface area contributed by atoms with Gasteiger partial charge in [0.1, 0.15) is 11.4 Å². The lowest BCUT2D eigenvalue weighted by Crippen LogP contribution is -2.34. The molecule has 0 aromatic heterocycles. The minimum atomic E-state index is -0.414. The van der Waals surface area contributed by atoms with Crippen molar-refractivity contribution in [3.05, 3.63) is 28.3 Å². The van der Waals surface area contributed by atoms with E-state index < -0.39 is 4.92 Å². The summed E-state index contributed by atoms with van der Waals surface area (Å²) in [6.45, 7) is 2.18. The molecule has 0 bridgehead atoms. The van der Waals surface area contributed by atoms with Gasteiger partial charge < -0.3 is 15.5 Å². The fourth-order valence-electron chi connectivity index (χ4n) is 2.07. The lowest BCUT2D eigenvalue weighted by Gasteiger charge is -2.23. The first kappa shape index (κ1) is 15.7. The average Bonchev–Trinajstić information content (AvgIpc) is 2.44. The van der Waals surface area contributed by atoms with Crippen molar-refractivity contribution in [3.63, 3.8) is 0 Å². The molecule has 7 heteroatoms. The van der Waals surface area contributed by atoms with Gasteiger partial charge in [0, 0.05) is 27.7 Å². The third-order valence-corrected chi connectivity index (χ3v) is 3.12. The third kappa shape index (κ3) is 3.37. The minimum Gasteiger partial charge on any atom is -0.382 e. The van der Waals surface area contributed by atoms with Crippen LogP contribution in [0.25, 0.3) is 0 Å². The van der Waals surface area contributed by atoms with Crippen molar-refractivity contribution in [1.29, 1.82) is 0 Å². The van der Waals surface area contributed by atoms with E-state index in [4.69, 9.17) is 0 Å². The summed E-state index contributed by atoms with van der Waals surface area (Å²) in [6.07, 6.45) is 0. The lowest BCUT2D eigenvalue weighted by molar-refractivity contribution is -0.383. The summed E-state index contributed by atoms with van der Waals surface area (Å²) in [4.78, 5) is 24.1. The Kier molecular flexibility index (Phi) is 5.31. The highest BCUT2D eigenvalue weighted by molar-refractivity contribution is 5.80. The highest BCUT2D eigenvalue weighted by atomic mass is 16.6. The molecule has 0 saturated carbocycles. The van der Waals surface area contributed by atoms with Gasteiger partial charge in [-0.1, -0.05) is 13.0 Å². The molecule has 0 saturated heterocycles. The van der Waals surface area contributed by atoms with Crippen LogP contribution < -0.4 is 15.5 Å². The van der Waals surface area contributed by atoms with Gasteiger partial charge >= 0.3 is 5.69 Å². The molecule has 110 valence electrons. The Morgan fingerprint density at radius 2 is 2.10 bits per heavy atom. The maximum atomic E-state index is 11.5. The van der Waals surface area contributed by atoms with Gasteiger partial charge in [-0.2, -0.15) is 0 Å². The summed E-state index contributed by atoms with van der Waals surface area (Å²) in [5.41, 5.74) is 0.950. The molecular weight excluding hydrogens is 260 g/mol. The molecule has 0 heterocycles. The second-order valence-electron chi connectivity index (χ2n) is 4.58. The van der Waals surface area contributed by atoms with Crippen molar-refractivity contribution in [2.24, 2.45) is 5.92 Å². The van der Waals surface area contributed by atoms with E-state index >= 15 is 0 Å². The molecule has 1 rings (SSSR count).